The lowest BCUT2D eigenvalue weighted by molar-refractivity contribution is -0.153. The summed E-state index contributed by atoms with van der Waals surface area (Å²) in [6, 6.07) is 6.31. The van der Waals surface area contributed by atoms with Crippen molar-refractivity contribution in [1.82, 2.24) is 15.0 Å². The Hall–Kier alpha value is -2.09. The normalized spacial score (nSPS) is 18.5. The van der Waals surface area contributed by atoms with Gasteiger partial charge in [-0.3, -0.25) is 0 Å². The van der Waals surface area contributed by atoms with Crippen LogP contribution in [0.25, 0.3) is 11.3 Å². The van der Waals surface area contributed by atoms with E-state index in [-0.39, 0.29) is 11.9 Å². The van der Waals surface area contributed by atoms with Crippen molar-refractivity contribution in [3.05, 3.63) is 30.5 Å². The molecule has 3 rings (SSSR count). The second kappa shape index (κ2) is 7.21. The maximum absolute atomic E-state index is 12.1. The summed E-state index contributed by atoms with van der Waals surface area (Å²) in [5.74, 6) is 0.166. The van der Waals surface area contributed by atoms with E-state index in [1.807, 2.05) is 6.20 Å². The number of nitrogens with zero attached hydrogens (tertiary/aromatic N) is 3. The van der Waals surface area contributed by atoms with Crippen LogP contribution in [0.15, 0.2) is 30.5 Å². The van der Waals surface area contributed by atoms with Crippen LogP contribution in [0, 0.1) is 0 Å². The molecular weight excluding hydrogens is 323 g/mol. The van der Waals surface area contributed by atoms with Gasteiger partial charge in [0.2, 0.25) is 0 Å². The first-order valence-electron chi connectivity index (χ1n) is 7.81. The van der Waals surface area contributed by atoms with Crippen LogP contribution in [-0.2, 0) is 11.3 Å². The fourth-order valence-corrected chi connectivity index (χ4v) is 2.57. The van der Waals surface area contributed by atoms with E-state index in [0.717, 1.165) is 31.4 Å². The molecule has 0 aliphatic carbocycles. The van der Waals surface area contributed by atoms with Crippen molar-refractivity contribution in [2.75, 3.05) is 13.2 Å². The zero-order chi connectivity index (χ0) is 17.0. The summed E-state index contributed by atoms with van der Waals surface area (Å²) < 4.78 is 48.5. The zero-order valence-electron chi connectivity index (χ0n) is 13.0. The van der Waals surface area contributed by atoms with Gasteiger partial charge in [0.05, 0.1) is 18.8 Å². The Bertz CT molecular complexity index is 649. The third-order valence-corrected chi connectivity index (χ3v) is 3.76. The lowest BCUT2D eigenvalue weighted by atomic mass is 10.1. The molecule has 2 aromatic rings. The largest absolute Gasteiger partial charge is 0.484 e. The first kappa shape index (κ1) is 16.8. The average Bonchev–Trinajstić information content (AvgIpc) is 3.02. The van der Waals surface area contributed by atoms with Crippen molar-refractivity contribution >= 4 is 0 Å². The van der Waals surface area contributed by atoms with Crippen LogP contribution in [0.1, 0.15) is 19.3 Å². The predicted octanol–water partition coefficient (Wildman–Crippen LogP) is 3.46. The Morgan fingerprint density at radius 2 is 2.00 bits per heavy atom. The van der Waals surface area contributed by atoms with Gasteiger partial charge >= 0.3 is 6.18 Å². The molecule has 24 heavy (non-hydrogen) atoms. The lowest BCUT2D eigenvalue weighted by Gasteiger charge is -2.21. The molecule has 130 valence electrons. The number of alkyl halides is 3. The summed E-state index contributed by atoms with van der Waals surface area (Å²) in [4.78, 5) is 0. The lowest BCUT2D eigenvalue weighted by Crippen LogP contribution is -2.24. The van der Waals surface area contributed by atoms with Crippen LogP contribution < -0.4 is 4.74 Å². The average molecular weight is 341 g/mol. The first-order chi connectivity index (χ1) is 11.5. The molecule has 2 heterocycles. The Labute approximate surface area is 137 Å². The summed E-state index contributed by atoms with van der Waals surface area (Å²) in [5.41, 5.74) is 1.43. The quantitative estimate of drug-likeness (QED) is 0.836. The topological polar surface area (TPSA) is 49.2 Å². The van der Waals surface area contributed by atoms with Crippen LogP contribution in [-0.4, -0.2) is 40.5 Å². The zero-order valence-corrected chi connectivity index (χ0v) is 13.0. The Morgan fingerprint density at radius 1 is 1.21 bits per heavy atom. The summed E-state index contributed by atoms with van der Waals surface area (Å²) in [7, 11) is 0. The van der Waals surface area contributed by atoms with Crippen LogP contribution in [0.4, 0.5) is 13.2 Å². The fraction of sp³-hybridized carbons (Fsp3) is 0.500. The van der Waals surface area contributed by atoms with Crippen molar-refractivity contribution in [3.8, 4) is 17.0 Å². The van der Waals surface area contributed by atoms with Crippen LogP contribution in [0.3, 0.4) is 0 Å². The maximum Gasteiger partial charge on any atom is 0.422 e. The molecular formula is C16H18F3N3O2. The number of hydrogen-bond acceptors (Lipinski definition) is 4. The van der Waals surface area contributed by atoms with Crippen molar-refractivity contribution in [2.45, 2.75) is 38.1 Å². The minimum atomic E-state index is -4.34. The van der Waals surface area contributed by atoms with Gasteiger partial charge in [-0.25, -0.2) is 4.68 Å². The molecule has 1 atom stereocenters. The van der Waals surface area contributed by atoms with E-state index in [9.17, 15) is 13.2 Å². The molecule has 1 aliphatic heterocycles. The molecule has 0 amide bonds. The van der Waals surface area contributed by atoms with Gasteiger partial charge in [0, 0.05) is 12.2 Å². The molecule has 0 bridgehead atoms. The van der Waals surface area contributed by atoms with Crippen LogP contribution in [0.5, 0.6) is 5.75 Å². The Morgan fingerprint density at radius 3 is 2.67 bits per heavy atom. The van der Waals surface area contributed by atoms with Crippen LogP contribution in [0.2, 0.25) is 0 Å². The molecule has 1 aromatic carbocycles. The number of benzene rings is 1. The second-order valence-corrected chi connectivity index (χ2v) is 5.74. The SMILES string of the molecule is FC(F)(F)COc1ccc(-c2cn(CC3CCCCO3)nn2)cc1. The molecule has 0 spiro atoms. The third kappa shape index (κ3) is 4.70. The van der Waals surface area contributed by atoms with E-state index in [0.29, 0.717) is 12.2 Å². The Balaban J connectivity index is 1.60. The van der Waals surface area contributed by atoms with E-state index in [1.165, 1.54) is 12.1 Å². The molecule has 1 aromatic heterocycles. The minimum absolute atomic E-state index is 0.159. The molecule has 0 radical (unpaired) electrons. The van der Waals surface area contributed by atoms with Gasteiger partial charge in [0.25, 0.3) is 0 Å². The van der Waals surface area contributed by atoms with E-state index in [1.54, 1.807) is 16.8 Å². The second-order valence-electron chi connectivity index (χ2n) is 5.74. The smallest absolute Gasteiger partial charge is 0.422 e. The molecule has 1 saturated heterocycles. The number of aromatic nitrogens is 3. The van der Waals surface area contributed by atoms with Gasteiger partial charge in [0.15, 0.2) is 6.61 Å². The maximum atomic E-state index is 12.1. The molecule has 0 N–H and O–H groups in total. The van der Waals surface area contributed by atoms with Gasteiger partial charge in [-0.15, -0.1) is 5.10 Å². The highest BCUT2D eigenvalue weighted by Crippen LogP contribution is 2.23. The van der Waals surface area contributed by atoms with E-state index >= 15 is 0 Å². The molecule has 1 aliphatic rings. The first-order valence-corrected chi connectivity index (χ1v) is 7.81. The summed E-state index contributed by atoms with van der Waals surface area (Å²) in [6.07, 6.45) is 0.895. The standard InChI is InChI=1S/C16H18F3N3O2/c17-16(18,19)11-24-13-6-4-12(5-7-13)15-10-22(21-20-15)9-14-3-1-2-8-23-14/h4-7,10,14H,1-3,8-9,11H2. The summed E-state index contributed by atoms with van der Waals surface area (Å²) in [5, 5.41) is 8.19. The highest BCUT2D eigenvalue weighted by atomic mass is 19.4. The highest BCUT2D eigenvalue weighted by Gasteiger charge is 2.28. The van der Waals surface area contributed by atoms with Gasteiger partial charge in [-0.05, 0) is 43.5 Å². The number of rotatable bonds is 5. The van der Waals surface area contributed by atoms with Gasteiger partial charge in [-0.2, -0.15) is 13.2 Å². The third-order valence-electron chi connectivity index (χ3n) is 3.76. The van der Waals surface area contributed by atoms with E-state index < -0.39 is 12.8 Å². The summed E-state index contributed by atoms with van der Waals surface area (Å²) >= 11 is 0. The molecule has 8 heteroatoms. The van der Waals surface area contributed by atoms with Gasteiger partial charge in [0.1, 0.15) is 11.4 Å². The highest BCUT2D eigenvalue weighted by molar-refractivity contribution is 5.58. The predicted molar refractivity (Wildman–Crippen MR) is 80.6 cm³/mol. The van der Waals surface area contributed by atoms with Crippen LogP contribution >= 0.6 is 0 Å². The number of halogens is 3. The molecule has 5 nitrogen and oxygen atoms in total. The van der Waals surface area contributed by atoms with Gasteiger partial charge < -0.3 is 9.47 Å². The number of hydrogen-bond donors (Lipinski definition) is 0. The van der Waals surface area contributed by atoms with E-state index in [2.05, 4.69) is 15.0 Å². The van der Waals surface area contributed by atoms with Gasteiger partial charge in [-0.1, -0.05) is 5.21 Å². The Kier molecular flexibility index (Phi) is 5.03. The number of ether oxygens (including phenoxy) is 2. The van der Waals surface area contributed by atoms with E-state index in [4.69, 9.17) is 4.74 Å². The van der Waals surface area contributed by atoms with Crippen molar-refractivity contribution in [1.29, 1.82) is 0 Å². The molecule has 1 unspecified atom stereocenters. The monoisotopic (exact) mass is 341 g/mol. The van der Waals surface area contributed by atoms with Crippen molar-refractivity contribution in [2.24, 2.45) is 0 Å². The summed E-state index contributed by atoms with van der Waals surface area (Å²) in [6.45, 7) is 0.134. The molecule has 0 saturated carbocycles. The minimum Gasteiger partial charge on any atom is -0.484 e. The molecule has 1 fully saturated rings. The van der Waals surface area contributed by atoms with Crippen molar-refractivity contribution < 1.29 is 22.6 Å². The van der Waals surface area contributed by atoms with Crippen molar-refractivity contribution in [3.63, 3.8) is 0 Å². The fourth-order valence-electron chi connectivity index (χ4n) is 2.57.